The van der Waals surface area contributed by atoms with Crippen molar-refractivity contribution < 1.29 is 22.7 Å². The van der Waals surface area contributed by atoms with E-state index in [1.165, 1.54) is 10.6 Å². The van der Waals surface area contributed by atoms with Gasteiger partial charge in [0.15, 0.2) is 11.5 Å². The molecule has 7 nitrogen and oxygen atoms in total. The Morgan fingerprint density at radius 2 is 1.92 bits per heavy atom. The van der Waals surface area contributed by atoms with Crippen molar-refractivity contribution in [3.8, 4) is 11.5 Å². The van der Waals surface area contributed by atoms with Gasteiger partial charge in [-0.1, -0.05) is 6.07 Å². The number of carbonyl (C=O) groups is 1. The Balaban J connectivity index is 1.89. The summed E-state index contributed by atoms with van der Waals surface area (Å²) in [4.78, 5) is 12.4. The van der Waals surface area contributed by atoms with Gasteiger partial charge in [0.05, 0.1) is 19.5 Å². The summed E-state index contributed by atoms with van der Waals surface area (Å²) in [5.74, 6) is 1.11. The van der Waals surface area contributed by atoms with Crippen LogP contribution in [0.25, 0.3) is 0 Å². The Kier molecular flexibility index (Phi) is 6.88. The summed E-state index contributed by atoms with van der Waals surface area (Å²) in [6.45, 7) is 5.08. The van der Waals surface area contributed by atoms with E-state index in [4.69, 9.17) is 9.47 Å². The van der Waals surface area contributed by atoms with Gasteiger partial charge in [-0.2, -0.15) is 0 Å². The van der Waals surface area contributed by atoms with Crippen LogP contribution in [0.5, 0.6) is 11.5 Å². The molecule has 0 spiro atoms. The van der Waals surface area contributed by atoms with Crippen LogP contribution in [0, 0.1) is 5.92 Å². The zero-order valence-electron chi connectivity index (χ0n) is 15.8. The number of sulfonamides is 1. The van der Waals surface area contributed by atoms with Gasteiger partial charge < -0.3 is 14.8 Å². The number of nitrogens with zero attached hydrogens (tertiary/aromatic N) is 1. The van der Waals surface area contributed by atoms with Crippen LogP contribution in [0.3, 0.4) is 0 Å². The van der Waals surface area contributed by atoms with Crippen molar-refractivity contribution in [2.24, 2.45) is 5.92 Å². The van der Waals surface area contributed by atoms with E-state index >= 15 is 0 Å². The molecule has 2 rings (SSSR count). The Morgan fingerprint density at radius 3 is 2.46 bits per heavy atom. The molecule has 1 fully saturated rings. The zero-order chi connectivity index (χ0) is 19.3. The van der Waals surface area contributed by atoms with Crippen LogP contribution in [0.1, 0.15) is 32.3 Å². The van der Waals surface area contributed by atoms with Crippen molar-refractivity contribution in [2.75, 3.05) is 26.5 Å². The van der Waals surface area contributed by atoms with Gasteiger partial charge in [-0.3, -0.25) is 4.79 Å². The van der Waals surface area contributed by atoms with Crippen LogP contribution in [-0.2, 0) is 21.4 Å². The molecule has 0 unspecified atom stereocenters. The molecule has 1 aromatic carbocycles. The van der Waals surface area contributed by atoms with Crippen LogP contribution in [0.4, 0.5) is 0 Å². The topological polar surface area (TPSA) is 84.9 Å². The van der Waals surface area contributed by atoms with E-state index in [1.54, 1.807) is 7.11 Å². The highest BCUT2D eigenvalue weighted by Crippen LogP contribution is 2.29. The zero-order valence-corrected chi connectivity index (χ0v) is 16.6. The van der Waals surface area contributed by atoms with Gasteiger partial charge in [-0.25, -0.2) is 12.7 Å². The van der Waals surface area contributed by atoms with E-state index in [-0.39, 0.29) is 17.9 Å². The number of benzene rings is 1. The minimum atomic E-state index is -3.17. The lowest BCUT2D eigenvalue weighted by atomic mass is 9.97. The first-order valence-corrected chi connectivity index (χ1v) is 10.6. The molecule has 0 aromatic heterocycles. The minimum Gasteiger partial charge on any atom is -0.493 e. The van der Waals surface area contributed by atoms with Gasteiger partial charge in [0.2, 0.25) is 15.9 Å². The van der Waals surface area contributed by atoms with E-state index in [1.807, 2.05) is 32.0 Å². The number of hydrogen-bond donors (Lipinski definition) is 1. The standard InChI is InChI=1S/C18H28N2O5S/c1-13(2)25-16-6-5-14(11-17(16)24-3)12-19-18(21)15-7-9-20(10-8-15)26(4,22)23/h5-6,11,13,15H,7-10,12H2,1-4H3,(H,19,21). The molecule has 0 saturated carbocycles. The quantitative estimate of drug-likeness (QED) is 0.774. The van der Waals surface area contributed by atoms with Crippen molar-refractivity contribution in [3.05, 3.63) is 23.8 Å². The number of hydrogen-bond acceptors (Lipinski definition) is 5. The largest absolute Gasteiger partial charge is 0.493 e. The normalized spacial score (nSPS) is 16.5. The molecular weight excluding hydrogens is 356 g/mol. The predicted octanol–water partition coefficient (Wildman–Crippen LogP) is 1.77. The smallest absolute Gasteiger partial charge is 0.223 e. The first-order chi connectivity index (χ1) is 12.2. The summed E-state index contributed by atoms with van der Waals surface area (Å²) in [6, 6.07) is 5.59. The Morgan fingerprint density at radius 1 is 1.27 bits per heavy atom. The van der Waals surface area contributed by atoms with Crippen LogP contribution < -0.4 is 14.8 Å². The third-order valence-corrected chi connectivity index (χ3v) is 5.65. The van der Waals surface area contributed by atoms with E-state index in [2.05, 4.69) is 5.32 Å². The summed E-state index contributed by atoms with van der Waals surface area (Å²) >= 11 is 0. The van der Waals surface area contributed by atoms with E-state index in [0.717, 1.165) is 5.56 Å². The van der Waals surface area contributed by atoms with Crippen molar-refractivity contribution in [3.63, 3.8) is 0 Å². The fourth-order valence-electron chi connectivity index (χ4n) is 2.96. The number of methoxy groups -OCH3 is 1. The van der Waals surface area contributed by atoms with Crippen LogP contribution in [0.15, 0.2) is 18.2 Å². The van der Waals surface area contributed by atoms with Gasteiger partial charge in [-0.05, 0) is 44.4 Å². The minimum absolute atomic E-state index is 0.0420. The lowest BCUT2D eigenvalue weighted by Gasteiger charge is -2.29. The molecule has 0 aliphatic carbocycles. The number of rotatable bonds is 7. The first-order valence-electron chi connectivity index (χ1n) is 8.77. The fraction of sp³-hybridized carbons (Fsp3) is 0.611. The monoisotopic (exact) mass is 384 g/mol. The average Bonchev–Trinajstić information content (AvgIpc) is 2.59. The number of nitrogens with one attached hydrogen (secondary N) is 1. The molecule has 0 atom stereocenters. The molecule has 26 heavy (non-hydrogen) atoms. The van der Waals surface area contributed by atoms with Gasteiger partial charge in [-0.15, -0.1) is 0 Å². The molecule has 0 radical (unpaired) electrons. The van der Waals surface area contributed by atoms with Gasteiger partial charge in [0.1, 0.15) is 0 Å². The number of piperidine rings is 1. The molecular formula is C18H28N2O5S. The first kappa shape index (κ1) is 20.5. The van der Waals surface area contributed by atoms with Crippen molar-refractivity contribution in [1.82, 2.24) is 9.62 Å². The second-order valence-corrected chi connectivity index (χ2v) is 8.79. The third-order valence-electron chi connectivity index (χ3n) is 4.35. The molecule has 1 aromatic rings. The number of ether oxygens (including phenoxy) is 2. The fourth-order valence-corrected chi connectivity index (χ4v) is 3.83. The highest BCUT2D eigenvalue weighted by molar-refractivity contribution is 7.88. The lowest BCUT2D eigenvalue weighted by Crippen LogP contribution is -2.42. The highest BCUT2D eigenvalue weighted by atomic mass is 32.2. The highest BCUT2D eigenvalue weighted by Gasteiger charge is 2.28. The van der Waals surface area contributed by atoms with Crippen LogP contribution >= 0.6 is 0 Å². The maximum absolute atomic E-state index is 12.4. The maximum atomic E-state index is 12.4. The Hall–Kier alpha value is -1.80. The lowest BCUT2D eigenvalue weighted by molar-refractivity contribution is -0.126. The molecule has 1 amide bonds. The van der Waals surface area contributed by atoms with Gasteiger partial charge in [0, 0.05) is 25.6 Å². The predicted molar refractivity (Wildman–Crippen MR) is 99.7 cm³/mol. The number of amides is 1. The second-order valence-electron chi connectivity index (χ2n) is 6.81. The van der Waals surface area contributed by atoms with Gasteiger partial charge >= 0.3 is 0 Å². The Labute approximate surface area is 155 Å². The number of carbonyl (C=O) groups excluding carboxylic acids is 1. The maximum Gasteiger partial charge on any atom is 0.223 e. The van der Waals surface area contributed by atoms with Crippen molar-refractivity contribution in [1.29, 1.82) is 0 Å². The van der Waals surface area contributed by atoms with Crippen LogP contribution in [-0.4, -0.2) is 51.2 Å². The van der Waals surface area contributed by atoms with E-state index < -0.39 is 10.0 Å². The summed E-state index contributed by atoms with van der Waals surface area (Å²) in [5, 5.41) is 2.93. The molecule has 1 saturated heterocycles. The summed E-state index contributed by atoms with van der Waals surface area (Å²) in [6.07, 6.45) is 2.34. The van der Waals surface area contributed by atoms with Crippen molar-refractivity contribution in [2.45, 2.75) is 39.3 Å². The second kappa shape index (κ2) is 8.73. The molecule has 1 heterocycles. The summed E-state index contributed by atoms with van der Waals surface area (Å²) in [5.41, 5.74) is 0.917. The van der Waals surface area contributed by atoms with Crippen LogP contribution in [0.2, 0.25) is 0 Å². The Bertz CT molecular complexity index is 725. The third kappa shape index (κ3) is 5.60. The van der Waals surface area contributed by atoms with Crippen molar-refractivity contribution >= 4 is 15.9 Å². The average molecular weight is 384 g/mol. The molecule has 1 aliphatic heterocycles. The van der Waals surface area contributed by atoms with Gasteiger partial charge in [0.25, 0.3) is 0 Å². The molecule has 8 heteroatoms. The molecule has 0 bridgehead atoms. The summed E-state index contributed by atoms with van der Waals surface area (Å²) in [7, 11) is -1.59. The molecule has 1 N–H and O–H groups in total. The molecule has 1 aliphatic rings. The van der Waals surface area contributed by atoms with E-state index in [0.29, 0.717) is 44.0 Å². The summed E-state index contributed by atoms with van der Waals surface area (Å²) < 4.78 is 35.5. The SMILES string of the molecule is COc1cc(CNC(=O)C2CCN(S(C)(=O)=O)CC2)ccc1OC(C)C. The molecule has 146 valence electrons. The van der Waals surface area contributed by atoms with E-state index in [9.17, 15) is 13.2 Å².